The maximum atomic E-state index is 11.7. The summed E-state index contributed by atoms with van der Waals surface area (Å²) < 4.78 is 39.4. The predicted molar refractivity (Wildman–Crippen MR) is 36.3 cm³/mol. The molecule has 0 radical (unpaired) electrons. The number of hydrogen-bond donors (Lipinski definition) is 1. The average molecular weight is 210 g/mol. The predicted octanol–water partition coefficient (Wildman–Crippen LogP) is 0.877. The summed E-state index contributed by atoms with van der Waals surface area (Å²) in [6.45, 7) is -0.544. The van der Waals surface area contributed by atoms with Gasteiger partial charge in [-0.25, -0.2) is 4.79 Å². The molecule has 1 N–H and O–H groups in total. The van der Waals surface area contributed by atoms with Crippen LogP contribution < -0.4 is 0 Å². The van der Waals surface area contributed by atoms with Gasteiger partial charge >= 0.3 is 12.1 Å². The molecule has 0 aliphatic carbocycles. The highest BCUT2D eigenvalue weighted by molar-refractivity contribution is 6.18. The quantitative estimate of drug-likeness (QED) is 0.542. The van der Waals surface area contributed by atoms with Crippen LogP contribution in [0, 0.1) is 0 Å². The number of aliphatic hydroxyl groups is 1. The Morgan fingerprint density at radius 1 is 1.50 bits per heavy atom. The van der Waals surface area contributed by atoms with Crippen LogP contribution in [0.15, 0.2) is 11.3 Å². The van der Waals surface area contributed by atoms with Crippen LogP contribution in [0.3, 0.4) is 0 Å². The number of aliphatic hydroxyl groups excluding tert-OH is 1. The van der Waals surface area contributed by atoms with E-state index in [4.69, 9.17) is 5.11 Å². The summed E-state index contributed by atoms with van der Waals surface area (Å²) >= 11 is 0. The molecule has 78 valence electrons. The number of carbonyl (C=O) groups is 2. The molecule has 0 aromatic carbocycles. The van der Waals surface area contributed by atoms with Gasteiger partial charge in [0.15, 0.2) is 5.78 Å². The van der Waals surface area contributed by atoms with Gasteiger partial charge in [0.05, 0.1) is 0 Å². The van der Waals surface area contributed by atoms with Gasteiger partial charge in [0.2, 0.25) is 0 Å². The maximum absolute atomic E-state index is 11.7. The highest BCUT2D eigenvalue weighted by Crippen LogP contribution is 2.24. The number of alkyl halides is 3. The van der Waals surface area contributed by atoms with E-state index in [0.717, 1.165) is 0 Å². The second kappa shape index (κ2) is 3.32. The molecule has 0 amide bonds. The van der Waals surface area contributed by atoms with E-state index in [-0.39, 0.29) is 0 Å². The van der Waals surface area contributed by atoms with E-state index in [1.807, 2.05) is 0 Å². The fraction of sp³-hybridized carbons (Fsp3) is 0.429. The summed E-state index contributed by atoms with van der Waals surface area (Å²) in [7, 11) is 0. The summed E-state index contributed by atoms with van der Waals surface area (Å²) in [5.41, 5.74) is -0.901. The van der Waals surface area contributed by atoms with Gasteiger partial charge in [-0.3, -0.25) is 4.79 Å². The van der Waals surface area contributed by atoms with Crippen LogP contribution in [0.25, 0.3) is 0 Å². The fourth-order valence-corrected chi connectivity index (χ4v) is 0.941. The van der Waals surface area contributed by atoms with Crippen molar-refractivity contribution in [1.29, 1.82) is 0 Å². The Labute approximate surface area is 76.0 Å². The van der Waals surface area contributed by atoms with Gasteiger partial charge in [-0.2, -0.15) is 13.2 Å². The molecular formula is C7H5F3O4. The molecule has 4 nitrogen and oxygen atoms in total. The van der Waals surface area contributed by atoms with Crippen LogP contribution in [0.5, 0.6) is 0 Å². The molecule has 0 atom stereocenters. The van der Waals surface area contributed by atoms with E-state index < -0.39 is 42.3 Å². The molecule has 14 heavy (non-hydrogen) atoms. The lowest BCUT2D eigenvalue weighted by Crippen LogP contribution is -2.19. The molecule has 0 bridgehead atoms. The highest BCUT2D eigenvalue weighted by atomic mass is 19.4. The standard InChI is InChI=1S/C7H5F3O4/c8-7(9,10)1-3(11)5-4(12)2-14-6(5)13/h12H,1-2H2. The first-order chi connectivity index (χ1) is 6.31. The number of carbonyl (C=O) groups excluding carboxylic acids is 2. The Bertz CT molecular complexity index is 315. The van der Waals surface area contributed by atoms with Crippen LogP contribution in [-0.4, -0.2) is 29.6 Å². The van der Waals surface area contributed by atoms with Crippen LogP contribution in [-0.2, 0) is 14.3 Å². The molecule has 0 aromatic heterocycles. The van der Waals surface area contributed by atoms with Crippen molar-refractivity contribution < 1.29 is 32.6 Å². The molecule has 0 saturated carbocycles. The molecule has 1 aliphatic heterocycles. The van der Waals surface area contributed by atoms with Crippen molar-refractivity contribution in [1.82, 2.24) is 0 Å². The SMILES string of the molecule is O=C(CC(F)(F)F)C1=C(O)COC1=O. The zero-order valence-corrected chi connectivity index (χ0v) is 6.72. The van der Waals surface area contributed by atoms with Crippen molar-refractivity contribution in [2.45, 2.75) is 12.6 Å². The Kier molecular flexibility index (Phi) is 2.50. The van der Waals surface area contributed by atoms with Crippen molar-refractivity contribution in [2.24, 2.45) is 0 Å². The molecule has 1 heterocycles. The number of esters is 1. The van der Waals surface area contributed by atoms with Gasteiger partial charge in [-0.15, -0.1) is 0 Å². The van der Waals surface area contributed by atoms with Gasteiger partial charge in [0, 0.05) is 0 Å². The lowest BCUT2D eigenvalue weighted by molar-refractivity contribution is -0.151. The molecule has 7 heteroatoms. The summed E-state index contributed by atoms with van der Waals surface area (Å²) in [6.07, 6.45) is -6.48. The zero-order valence-electron chi connectivity index (χ0n) is 6.72. The van der Waals surface area contributed by atoms with Gasteiger partial charge in [-0.1, -0.05) is 0 Å². The molecule has 0 aromatic rings. The fourth-order valence-electron chi connectivity index (χ4n) is 0.941. The number of Topliss-reactive ketones (excluding diaryl/α,β-unsaturated/α-hetero) is 1. The van der Waals surface area contributed by atoms with E-state index in [1.54, 1.807) is 0 Å². The van der Waals surface area contributed by atoms with E-state index >= 15 is 0 Å². The van der Waals surface area contributed by atoms with Crippen LogP contribution >= 0.6 is 0 Å². The largest absolute Gasteiger partial charge is 0.508 e. The number of ether oxygens (including phenoxy) is 1. The minimum atomic E-state index is -4.70. The lowest BCUT2D eigenvalue weighted by Gasteiger charge is -2.03. The maximum Gasteiger partial charge on any atom is 0.396 e. The lowest BCUT2D eigenvalue weighted by atomic mass is 10.1. The third-order valence-corrected chi connectivity index (χ3v) is 1.47. The number of halogens is 3. The number of rotatable bonds is 2. The number of ketones is 1. The summed E-state index contributed by atoms with van der Waals surface area (Å²) in [5.74, 6) is -3.43. The second-order valence-corrected chi connectivity index (χ2v) is 2.61. The molecule has 0 spiro atoms. The summed E-state index contributed by atoms with van der Waals surface area (Å²) in [5, 5.41) is 8.87. The van der Waals surface area contributed by atoms with Crippen LogP contribution in [0.4, 0.5) is 13.2 Å². The van der Waals surface area contributed by atoms with Crippen molar-refractivity contribution in [3.8, 4) is 0 Å². The summed E-state index contributed by atoms with van der Waals surface area (Å²) in [4.78, 5) is 21.5. The number of cyclic esters (lactones) is 1. The first-order valence-electron chi connectivity index (χ1n) is 3.50. The minimum absolute atomic E-state index is 0.544. The third-order valence-electron chi connectivity index (χ3n) is 1.47. The molecular weight excluding hydrogens is 205 g/mol. The van der Waals surface area contributed by atoms with Crippen molar-refractivity contribution in [2.75, 3.05) is 6.61 Å². The van der Waals surface area contributed by atoms with E-state index in [1.165, 1.54) is 0 Å². The molecule has 0 saturated heterocycles. The Morgan fingerprint density at radius 2 is 2.07 bits per heavy atom. The van der Waals surface area contributed by atoms with Crippen LogP contribution in [0.2, 0.25) is 0 Å². The first-order valence-corrected chi connectivity index (χ1v) is 3.50. The van der Waals surface area contributed by atoms with E-state index in [0.29, 0.717) is 0 Å². The van der Waals surface area contributed by atoms with Crippen molar-refractivity contribution >= 4 is 11.8 Å². The molecule has 1 rings (SSSR count). The van der Waals surface area contributed by atoms with Gasteiger partial charge in [0.25, 0.3) is 0 Å². The Balaban J connectivity index is 2.80. The normalized spacial score (nSPS) is 17.2. The van der Waals surface area contributed by atoms with E-state index in [9.17, 15) is 22.8 Å². The number of hydrogen-bond acceptors (Lipinski definition) is 4. The monoisotopic (exact) mass is 210 g/mol. The van der Waals surface area contributed by atoms with Crippen molar-refractivity contribution in [3.05, 3.63) is 11.3 Å². The third kappa shape index (κ3) is 2.24. The molecule has 0 unspecified atom stereocenters. The smallest absolute Gasteiger partial charge is 0.396 e. The summed E-state index contributed by atoms with van der Waals surface area (Å²) in [6, 6.07) is 0. The highest BCUT2D eigenvalue weighted by Gasteiger charge is 2.38. The second-order valence-electron chi connectivity index (χ2n) is 2.61. The average Bonchev–Trinajstić information content (AvgIpc) is 2.27. The Morgan fingerprint density at radius 3 is 2.43 bits per heavy atom. The van der Waals surface area contributed by atoms with Gasteiger partial charge in [0.1, 0.15) is 24.4 Å². The Hall–Kier alpha value is -1.53. The first kappa shape index (κ1) is 10.6. The zero-order chi connectivity index (χ0) is 10.9. The van der Waals surface area contributed by atoms with Gasteiger partial charge < -0.3 is 9.84 Å². The topological polar surface area (TPSA) is 63.6 Å². The molecule has 0 fully saturated rings. The van der Waals surface area contributed by atoms with E-state index in [2.05, 4.69) is 4.74 Å². The van der Waals surface area contributed by atoms with Crippen molar-refractivity contribution in [3.63, 3.8) is 0 Å². The molecule has 1 aliphatic rings. The van der Waals surface area contributed by atoms with Crippen LogP contribution in [0.1, 0.15) is 6.42 Å². The minimum Gasteiger partial charge on any atom is -0.508 e. The van der Waals surface area contributed by atoms with Gasteiger partial charge in [-0.05, 0) is 0 Å².